The van der Waals surface area contributed by atoms with Gasteiger partial charge in [-0.15, -0.1) is 0 Å². The van der Waals surface area contributed by atoms with Crippen molar-refractivity contribution in [1.82, 2.24) is 0 Å². The van der Waals surface area contributed by atoms with Crippen LogP contribution in [-0.4, -0.2) is 256 Å². The van der Waals surface area contributed by atoms with Crippen LogP contribution in [0.25, 0.3) is 18.2 Å². The zero-order valence-corrected chi connectivity index (χ0v) is 48.1. The average molecular weight is 1290 g/mol. The van der Waals surface area contributed by atoms with Gasteiger partial charge in [0.05, 0.1) is 39.1 Å². The summed E-state index contributed by atoms with van der Waals surface area (Å²) in [6.45, 7) is -0.812. The fourth-order valence-electron chi connectivity index (χ4n) is 10.2. The SMILES string of the molecule is COc1cc(C2Oc3cc(O)cc(O[C@@H]4O[C@H](CO)[C@@H](O)[C@H](O)[C@H]4O)c3C=C2O[C@@H]2O[C@H](CO[C@@H]3O[C@@H](C)[C@H](OC(=O)/C=C/c4ccc(O[C@@H]5O[C@@H](COC(=O)/C=C/c6ccc(O)c(O)c6)[C@@H](O)[C@H](O)[C@H]5O)c(O)c4)[C@H](O)[C@@H]3O)[C@@H](O)[C@@H](O)[C@@H]2O)cc(OC)c1O. The molecule has 5 aliphatic rings. The van der Waals surface area contributed by atoms with E-state index < -0.39 is 184 Å². The number of fused-ring (bicyclic) bond motifs is 1. The van der Waals surface area contributed by atoms with E-state index >= 15 is 0 Å². The van der Waals surface area contributed by atoms with Crippen LogP contribution in [0, 0.1) is 0 Å². The third-order valence-corrected chi connectivity index (χ3v) is 15.3. The summed E-state index contributed by atoms with van der Waals surface area (Å²) >= 11 is 0. The monoisotopic (exact) mass is 1290 g/mol. The van der Waals surface area contributed by atoms with Crippen molar-refractivity contribution in [2.45, 2.75) is 136 Å². The predicted molar refractivity (Wildman–Crippen MR) is 299 cm³/mol. The van der Waals surface area contributed by atoms with Gasteiger partial charge in [0.1, 0.15) is 115 Å². The van der Waals surface area contributed by atoms with Crippen molar-refractivity contribution < 1.29 is 158 Å². The number of rotatable bonds is 20. The molecule has 32 nitrogen and oxygen atoms in total. The molecule has 5 aliphatic heterocycles. The maximum absolute atomic E-state index is 13.1. The Balaban J connectivity index is 0.823. The number of aliphatic hydroxyl groups excluding tert-OH is 12. The van der Waals surface area contributed by atoms with Crippen LogP contribution in [0.2, 0.25) is 0 Å². The minimum Gasteiger partial charge on any atom is -0.508 e. The Morgan fingerprint density at radius 1 is 0.516 bits per heavy atom. The third kappa shape index (κ3) is 14.9. The number of phenolic OH excluding ortho intramolecular Hbond substituents is 5. The van der Waals surface area contributed by atoms with E-state index in [2.05, 4.69) is 0 Å². The van der Waals surface area contributed by atoms with E-state index in [0.717, 1.165) is 30.4 Å². The van der Waals surface area contributed by atoms with Gasteiger partial charge in [0.25, 0.3) is 0 Å². The van der Waals surface area contributed by atoms with Gasteiger partial charge in [0, 0.05) is 29.8 Å². The van der Waals surface area contributed by atoms with Crippen LogP contribution in [0.1, 0.15) is 35.3 Å². The Labute approximate surface area is 515 Å². The second kappa shape index (κ2) is 28.8. The van der Waals surface area contributed by atoms with Gasteiger partial charge in [-0.1, -0.05) is 12.1 Å². The highest BCUT2D eigenvalue weighted by atomic mass is 16.7. The zero-order valence-electron chi connectivity index (χ0n) is 48.1. The van der Waals surface area contributed by atoms with Gasteiger partial charge in [-0.2, -0.15) is 0 Å². The molecule has 5 heterocycles. The topological polar surface area (TPSA) is 498 Å². The summed E-state index contributed by atoms with van der Waals surface area (Å²) < 4.78 is 73.9. The Morgan fingerprint density at radius 2 is 1.04 bits per heavy atom. The van der Waals surface area contributed by atoms with Gasteiger partial charge in [-0.3, -0.25) is 0 Å². The zero-order chi connectivity index (χ0) is 65.9. The molecule has 0 radical (unpaired) electrons. The van der Waals surface area contributed by atoms with Gasteiger partial charge < -0.3 is 148 Å². The van der Waals surface area contributed by atoms with Crippen LogP contribution in [0.5, 0.6) is 57.5 Å². The van der Waals surface area contributed by atoms with E-state index in [9.17, 15) is 96.4 Å². The maximum atomic E-state index is 13.1. The van der Waals surface area contributed by atoms with Crippen molar-refractivity contribution in [1.29, 1.82) is 0 Å². The molecule has 0 aromatic heterocycles. The van der Waals surface area contributed by atoms with E-state index in [-0.39, 0.29) is 56.9 Å². The fraction of sp³-hybridized carbons (Fsp3) is 0.458. The van der Waals surface area contributed by atoms with Gasteiger partial charge in [0.2, 0.25) is 24.6 Å². The molecular weight excluding hydrogens is 1220 g/mol. The number of carbonyl (C=O) groups is 2. The quantitative estimate of drug-likeness (QED) is 0.0242. The molecule has 21 atom stereocenters. The van der Waals surface area contributed by atoms with Crippen LogP contribution in [0.3, 0.4) is 0 Å². The van der Waals surface area contributed by atoms with Crippen molar-refractivity contribution in [3.05, 3.63) is 101 Å². The first-order valence-corrected chi connectivity index (χ1v) is 27.9. The minimum atomic E-state index is -2.04. The number of ether oxygens (including phenoxy) is 13. The average Bonchev–Trinajstić information content (AvgIpc) is 0.986. The Hall–Kier alpha value is -7.84. The van der Waals surface area contributed by atoms with Crippen molar-refractivity contribution >= 4 is 30.2 Å². The smallest absolute Gasteiger partial charge is 0.331 e. The molecule has 32 heteroatoms. The van der Waals surface area contributed by atoms with Crippen LogP contribution in [0.15, 0.2) is 78.6 Å². The fourth-order valence-corrected chi connectivity index (χ4v) is 10.2. The first kappa shape index (κ1) is 67.6. The summed E-state index contributed by atoms with van der Waals surface area (Å²) in [7, 11) is 2.50. The number of methoxy groups -OCH3 is 2. The third-order valence-electron chi connectivity index (χ3n) is 15.3. The lowest BCUT2D eigenvalue weighted by atomic mass is 9.97. The molecule has 0 bridgehead atoms. The molecule has 4 aromatic rings. The van der Waals surface area contributed by atoms with Gasteiger partial charge in [0.15, 0.2) is 53.0 Å². The molecule has 0 spiro atoms. The lowest BCUT2D eigenvalue weighted by molar-refractivity contribution is -0.325. The lowest BCUT2D eigenvalue weighted by Crippen LogP contribution is -2.61. The van der Waals surface area contributed by atoms with Crippen molar-refractivity contribution in [2.75, 3.05) is 34.0 Å². The standard InChI is InChI=1S/C59H68O32/c1-22-54(91-41(66)11-7-24-5-9-31(30(64)13-24)85-57-51(76)47(72)44(69)38(89-57)20-81-40(65)10-6-23-4-8-28(62)29(63)12-23)49(74)53(78)56(83-22)82-21-39-45(70)48(73)52(77)59(90-39)87-36-18-27-32(84-55(36)25-14-34(79-2)42(67)35(15-25)80-3)16-26(61)17-33(27)86-58-50(75)46(71)43(68)37(19-60)88-58/h4-18,22,37-39,43-64,67-78H,19-21H2,1-3H3/b10-6+,11-7+/t22-,37+,38-,39+,43+,44+,45+,46-,47-,48+,49+,50+,51+,52-,53-,54-,55?,56+,57+,58+,59+/m0/s1. The Morgan fingerprint density at radius 3 is 1.63 bits per heavy atom. The summed E-state index contributed by atoms with van der Waals surface area (Å²) in [5, 5.41) is 181. The molecule has 9 rings (SSSR count). The number of aromatic hydroxyl groups is 5. The number of hydrogen-bond acceptors (Lipinski definition) is 32. The van der Waals surface area contributed by atoms with Crippen molar-refractivity contribution in [3.63, 3.8) is 0 Å². The minimum absolute atomic E-state index is 0.0431. The summed E-state index contributed by atoms with van der Waals surface area (Å²) in [6.07, 6.45) is -31.0. The number of hydrogen-bond donors (Lipinski definition) is 17. The Bertz CT molecular complexity index is 3270. The highest BCUT2D eigenvalue weighted by Gasteiger charge is 2.51. The molecular formula is C59H68O32. The van der Waals surface area contributed by atoms with E-state index in [1.54, 1.807) is 0 Å². The summed E-state index contributed by atoms with van der Waals surface area (Å²) in [5.41, 5.74) is 0.603. The first-order valence-electron chi connectivity index (χ1n) is 27.9. The summed E-state index contributed by atoms with van der Waals surface area (Å²) in [6, 6.07) is 12.3. The largest absolute Gasteiger partial charge is 0.508 e. The molecule has 4 fully saturated rings. The molecule has 496 valence electrons. The maximum Gasteiger partial charge on any atom is 0.331 e. The first-order chi connectivity index (χ1) is 43.3. The molecule has 0 saturated carbocycles. The molecule has 4 aromatic carbocycles. The van der Waals surface area contributed by atoms with E-state index in [1.807, 2.05) is 0 Å². The number of aliphatic hydroxyl groups is 12. The molecule has 0 amide bonds. The van der Waals surface area contributed by atoms with Crippen LogP contribution < -0.4 is 23.7 Å². The summed E-state index contributed by atoms with van der Waals surface area (Å²) in [5.74, 6) is -5.44. The number of phenols is 5. The number of benzene rings is 4. The van der Waals surface area contributed by atoms with Gasteiger partial charge in [-0.25, -0.2) is 9.59 Å². The Kier molecular flexibility index (Phi) is 21.4. The second-order valence-corrected chi connectivity index (χ2v) is 21.5. The van der Waals surface area contributed by atoms with Crippen LogP contribution >= 0.6 is 0 Å². The van der Waals surface area contributed by atoms with E-state index in [4.69, 9.17) is 61.6 Å². The number of carbonyl (C=O) groups excluding carboxylic acids is 2. The lowest BCUT2D eigenvalue weighted by Gasteiger charge is -2.43. The van der Waals surface area contributed by atoms with Crippen molar-refractivity contribution in [2.24, 2.45) is 0 Å². The van der Waals surface area contributed by atoms with Gasteiger partial charge >= 0.3 is 11.9 Å². The van der Waals surface area contributed by atoms with E-state index in [0.29, 0.717) is 5.56 Å². The van der Waals surface area contributed by atoms with Gasteiger partial charge in [-0.05, 0) is 72.7 Å². The predicted octanol–water partition coefficient (Wildman–Crippen LogP) is -2.74. The molecule has 17 N–H and O–H groups in total. The van der Waals surface area contributed by atoms with Crippen LogP contribution in [-0.2, 0) is 47.5 Å². The molecule has 0 aliphatic carbocycles. The number of esters is 2. The second-order valence-electron chi connectivity index (χ2n) is 21.5. The summed E-state index contributed by atoms with van der Waals surface area (Å²) in [4.78, 5) is 25.5. The highest BCUT2D eigenvalue weighted by Crippen LogP contribution is 2.48. The highest BCUT2D eigenvalue weighted by molar-refractivity contribution is 5.88. The van der Waals surface area contributed by atoms with Crippen molar-refractivity contribution in [3.8, 4) is 57.5 Å². The van der Waals surface area contributed by atoms with Crippen LogP contribution in [0.4, 0.5) is 0 Å². The molecule has 4 saturated heterocycles. The molecule has 1 unspecified atom stereocenters. The normalized spacial score (nSPS) is 33.3. The molecule has 91 heavy (non-hydrogen) atoms. The van der Waals surface area contributed by atoms with E-state index in [1.165, 1.54) is 81.8 Å².